The average molecular weight is 450 g/mol. The molecule has 2 heterocycles. The minimum atomic E-state index is -4.15. The van der Waals surface area contributed by atoms with Crippen LogP contribution in [0.5, 0.6) is 5.88 Å². The summed E-state index contributed by atoms with van der Waals surface area (Å²) in [6, 6.07) is 1.48. The van der Waals surface area contributed by atoms with Crippen molar-refractivity contribution < 1.29 is 22.5 Å². The molecule has 0 saturated carbocycles. The summed E-state index contributed by atoms with van der Waals surface area (Å²) >= 11 is 0. The van der Waals surface area contributed by atoms with E-state index in [-0.39, 0.29) is 23.5 Å². The number of nitrogens with zero attached hydrogens (tertiary/aromatic N) is 2. The van der Waals surface area contributed by atoms with Crippen molar-refractivity contribution in [1.29, 1.82) is 0 Å². The molecule has 0 spiro atoms. The second-order valence-corrected chi connectivity index (χ2v) is 9.78. The van der Waals surface area contributed by atoms with Crippen LogP contribution in [0, 0.1) is 0 Å². The number of amides is 2. The fourth-order valence-corrected chi connectivity index (χ4v) is 5.75. The minimum absolute atomic E-state index is 0.107. The Kier molecular flexibility index (Phi) is 4.95. The van der Waals surface area contributed by atoms with Gasteiger partial charge in [-0.25, -0.2) is 22.6 Å². The molecule has 2 aromatic rings. The van der Waals surface area contributed by atoms with E-state index in [1.54, 1.807) is 0 Å². The maximum Gasteiger partial charge on any atom is 0.333 e. The molecule has 1 aromatic heterocycles. The van der Waals surface area contributed by atoms with E-state index in [1.165, 1.54) is 22.0 Å². The lowest BCUT2D eigenvalue weighted by atomic mass is 9.99. The van der Waals surface area contributed by atoms with Crippen LogP contribution in [0.15, 0.2) is 17.2 Å². The number of nitrogens with one attached hydrogen (secondary N) is 2. The topological polar surface area (TPSA) is 112 Å². The van der Waals surface area contributed by atoms with Gasteiger partial charge in [0.05, 0.1) is 12.7 Å². The van der Waals surface area contributed by atoms with E-state index >= 15 is 0 Å². The molecule has 3 aliphatic rings. The average Bonchev–Trinajstić information content (AvgIpc) is 3.45. The van der Waals surface area contributed by atoms with Crippen LogP contribution in [0.4, 0.5) is 10.5 Å². The molecule has 1 aliphatic heterocycles. The summed E-state index contributed by atoms with van der Waals surface area (Å²) in [7, 11) is -1.99. The molecule has 160 valence electrons. The first-order chi connectivity index (χ1) is 14.5. The largest absolute Gasteiger partial charge is 0.474 e. The van der Waals surface area contributed by atoms with Crippen LogP contribution in [-0.2, 0) is 46.8 Å². The first-order valence-corrected chi connectivity index (χ1v) is 12.0. The van der Waals surface area contributed by atoms with E-state index in [4.69, 9.17) is 9.26 Å². The van der Waals surface area contributed by atoms with Gasteiger partial charge in [-0.05, 0) is 60.8 Å². The van der Waals surface area contributed by atoms with Crippen LogP contribution < -0.4 is 14.8 Å². The van der Waals surface area contributed by atoms with E-state index in [0.717, 1.165) is 55.3 Å². The SMILES string of the molecule is O=C(Nc1c2c(cc3c1CCC3)CCC2)NS(=O)(=O)c1cnn2c1OCC(OP)C2. The normalized spacial score (nSPS) is 19.6. The van der Waals surface area contributed by atoms with Gasteiger partial charge >= 0.3 is 6.03 Å². The molecule has 2 aliphatic carbocycles. The standard InChI is InChI=1S/C19H23N4O5PS/c24-19(21-17-14-5-1-3-11(14)7-12-4-2-6-15(12)17)22-30(25,26)16-8-20-23-9-13(28-29)10-27-18(16)23/h7-8,13H,1-6,9-10,29H2,(H2,21,22,24). The molecule has 0 bridgehead atoms. The van der Waals surface area contributed by atoms with Gasteiger partial charge in [-0.1, -0.05) is 6.07 Å². The molecule has 2 N–H and O–H groups in total. The minimum Gasteiger partial charge on any atom is -0.474 e. The lowest BCUT2D eigenvalue weighted by Gasteiger charge is -2.23. The number of urea groups is 1. The van der Waals surface area contributed by atoms with Crippen molar-refractivity contribution in [2.24, 2.45) is 0 Å². The van der Waals surface area contributed by atoms with Gasteiger partial charge in [-0.2, -0.15) is 5.10 Å². The first-order valence-electron chi connectivity index (χ1n) is 10.0. The van der Waals surface area contributed by atoms with Gasteiger partial charge in [0.25, 0.3) is 10.0 Å². The Hall–Kier alpha value is -2.16. The lowest BCUT2D eigenvalue weighted by Crippen LogP contribution is -2.36. The number of carbonyl (C=O) groups is 1. The molecular formula is C19H23N4O5PS. The third-order valence-corrected chi connectivity index (χ3v) is 7.66. The zero-order valence-corrected chi connectivity index (χ0v) is 18.3. The number of hydrogen-bond donors (Lipinski definition) is 2. The van der Waals surface area contributed by atoms with Crippen LogP contribution in [0.1, 0.15) is 35.1 Å². The number of benzene rings is 1. The molecule has 0 saturated heterocycles. The predicted molar refractivity (Wildman–Crippen MR) is 112 cm³/mol. The molecular weight excluding hydrogens is 427 g/mol. The monoisotopic (exact) mass is 450 g/mol. The zero-order chi connectivity index (χ0) is 20.9. The van der Waals surface area contributed by atoms with E-state index in [2.05, 4.69) is 30.7 Å². The highest BCUT2D eigenvalue weighted by Crippen LogP contribution is 2.38. The summed E-state index contributed by atoms with van der Waals surface area (Å²) in [6.07, 6.45) is 6.84. The van der Waals surface area contributed by atoms with Gasteiger partial charge in [0.15, 0.2) is 4.90 Å². The van der Waals surface area contributed by atoms with E-state index < -0.39 is 16.1 Å². The molecule has 0 fully saturated rings. The van der Waals surface area contributed by atoms with Crippen molar-refractivity contribution in [2.45, 2.75) is 56.1 Å². The fraction of sp³-hybridized carbons (Fsp3) is 0.474. The molecule has 2 atom stereocenters. The smallest absolute Gasteiger partial charge is 0.333 e. The Balaban J connectivity index is 1.38. The summed E-state index contributed by atoms with van der Waals surface area (Å²) in [5.41, 5.74) is 5.59. The Morgan fingerprint density at radius 2 is 1.90 bits per heavy atom. The highest BCUT2D eigenvalue weighted by Gasteiger charge is 2.32. The van der Waals surface area contributed by atoms with Crippen LogP contribution in [0.3, 0.4) is 0 Å². The number of aryl methyl sites for hydroxylation is 2. The number of aromatic nitrogens is 2. The van der Waals surface area contributed by atoms with Crippen LogP contribution in [0.25, 0.3) is 0 Å². The second kappa shape index (κ2) is 7.51. The molecule has 1 aromatic carbocycles. The van der Waals surface area contributed by atoms with Crippen molar-refractivity contribution in [3.8, 4) is 5.88 Å². The van der Waals surface area contributed by atoms with Crippen LogP contribution in [0.2, 0.25) is 0 Å². The van der Waals surface area contributed by atoms with Gasteiger partial charge < -0.3 is 14.6 Å². The van der Waals surface area contributed by atoms with E-state index in [9.17, 15) is 13.2 Å². The van der Waals surface area contributed by atoms with Crippen molar-refractivity contribution in [1.82, 2.24) is 14.5 Å². The highest BCUT2D eigenvalue weighted by atomic mass is 32.2. The van der Waals surface area contributed by atoms with E-state index in [1.807, 2.05) is 0 Å². The zero-order valence-electron chi connectivity index (χ0n) is 16.3. The maximum atomic E-state index is 12.8. The quantitative estimate of drug-likeness (QED) is 0.689. The van der Waals surface area contributed by atoms with Crippen molar-refractivity contribution in [3.63, 3.8) is 0 Å². The molecule has 2 amide bonds. The number of carbonyl (C=O) groups excluding carboxylic acids is 1. The van der Waals surface area contributed by atoms with Crippen molar-refractivity contribution in [3.05, 3.63) is 34.5 Å². The number of rotatable bonds is 4. The predicted octanol–water partition coefficient (Wildman–Crippen LogP) is 1.94. The number of hydrogen-bond acceptors (Lipinski definition) is 6. The highest BCUT2D eigenvalue weighted by molar-refractivity contribution is 7.90. The Bertz CT molecular complexity index is 1100. The Morgan fingerprint density at radius 1 is 1.20 bits per heavy atom. The molecule has 9 nitrogen and oxygen atoms in total. The second-order valence-electron chi connectivity index (χ2n) is 7.86. The van der Waals surface area contributed by atoms with Gasteiger partial charge in [0, 0.05) is 15.2 Å². The van der Waals surface area contributed by atoms with Gasteiger partial charge in [-0.3, -0.25) is 0 Å². The summed E-state index contributed by atoms with van der Waals surface area (Å²) < 4.78 is 39.9. The van der Waals surface area contributed by atoms with E-state index in [0.29, 0.717) is 6.54 Å². The summed E-state index contributed by atoms with van der Waals surface area (Å²) in [5, 5.41) is 6.90. The molecule has 11 heteroatoms. The van der Waals surface area contributed by atoms with Crippen molar-refractivity contribution >= 4 is 31.2 Å². The van der Waals surface area contributed by atoms with Gasteiger partial charge in [-0.15, -0.1) is 0 Å². The molecule has 0 radical (unpaired) electrons. The first kappa shape index (κ1) is 19.8. The third-order valence-electron chi connectivity index (χ3n) is 5.96. The Morgan fingerprint density at radius 3 is 2.57 bits per heavy atom. The van der Waals surface area contributed by atoms with Crippen molar-refractivity contribution in [2.75, 3.05) is 11.9 Å². The molecule has 2 unspecified atom stereocenters. The number of ether oxygens (including phenoxy) is 1. The summed E-state index contributed by atoms with van der Waals surface area (Å²) in [6.45, 7) is 0.565. The fourth-order valence-electron chi connectivity index (χ4n) is 4.60. The van der Waals surface area contributed by atoms with Gasteiger partial charge in [0.1, 0.15) is 12.7 Å². The van der Waals surface area contributed by atoms with Crippen LogP contribution in [-0.4, -0.2) is 36.9 Å². The Labute approximate surface area is 176 Å². The van der Waals surface area contributed by atoms with Crippen LogP contribution >= 0.6 is 9.47 Å². The summed E-state index contributed by atoms with van der Waals surface area (Å²) in [4.78, 5) is 12.5. The third kappa shape index (κ3) is 3.36. The lowest BCUT2D eigenvalue weighted by molar-refractivity contribution is 0.0866. The maximum absolute atomic E-state index is 12.8. The molecule has 30 heavy (non-hydrogen) atoms. The van der Waals surface area contributed by atoms with Gasteiger partial charge in [0.2, 0.25) is 5.88 Å². The summed E-state index contributed by atoms with van der Waals surface area (Å²) in [5.74, 6) is 0.107. The molecule has 5 rings (SSSR count). The number of anilines is 1. The number of fused-ring (bicyclic) bond motifs is 3. The number of sulfonamides is 1.